The van der Waals surface area contributed by atoms with Gasteiger partial charge in [-0.15, -0.1) is 0 Å². The number of carbonyl (C=O) groups is 4. The van der Waals surface area contributed by atoms with E-state index in [1.807, 2.05) is 112 Å². The number of carbonyl (C=O) groups excluding carboxylic acids is 4. The Bertz CT molecular complexity index is 7080. The molecule has 13 aromatic rings. The highest BCUT2D eigenvalue weighted by Gasteiger charge is 2.32. The van der Waals surface area contributed by atoms with E-state index in [2.05, 4.69) is 31.6 Å². The molecule has 4 heterocycles. The minimum atomic E-state index is -4.32. The molecule has 3 unspecified atom stereocenters. The predicted octanol–water partition coefficient (Wildman–Crippen LogP) is 11.0. The molecule has 0 radical (unpaired) electrons. The second kappa shape index (κ2) is 47.3. The minimum Gasteiger partial charge on any atom is -0.490 e. The number of nitrogen functional groups attached to an aromatic ring is 2. The van der Waals surface area contributed by atoms with Gasteiger partial charge in [-0.1, -0.05) is 61.4 Å². The summed E-state index contributed by atoms with van der Waals surface area (Å²) in [7, 11) is -17.1. The summed E-state index contributed by atoms with van der Waals surface area (Å²) in [6.07, 6.45) is 7.14. The number of benzene rings is 9. The van der Waals surface area contributed by atoms with Gasteiger partial charge in [-0.25, -0.2) is 39.4 Å². The molecule has 0 saturated carbocycles. The van der Waals surface area contributed by atoms with E-state index >= 15 is 0 Å². The summed E-state index contributed by atoms with van der Waals surface area (Å²) >= 11 is 0. The average Bonchev–Trinajstić information content (AvgIpc) is 1.63. The van der Waals surface area contributed by atoms with Gasteiger partial charge in [-0.05, 0) is 263 Å². The fourth-order valence-corrected chi connectivity index (χ4v) is 15.7. The Kier molecular flexibility index (Phi) is 35.9. The Morgan fingerprint density at radius 2 is 0.703 bits per heavy atom. The molecule has 4 atom stereocenters. The van der Waals surface area contributed by atoms with Crippen LogP contribution in [0.4, 0.5) is 22.7 Å². The van der Waals surface area contributed by atoms with Crippen molar-refractivity contribution < 1.29 is 94.4 Å². The maximum Gasteiger partial charge on any atom is 0.298 e. The van der Waals surface area contributed by atoms with Gasteiger partial charge in [0.05, 0.1) is 32.3 Å². The molecule has 13 rings (SSSR count). The van der Waals surface area contributed by atoms with Gasteiger partial charge in [0.15, 0.2) is 45.7 Å². The first-order valence-corrected chi connectivity index (χ1v) is 49.2. The summed E-state index contributed by atoms with van der Waals surface area (Å²) in [5.41, 5.74) is 35.1. The third-order valence-electron chi connectivity index (χ3n) is 20.3. The molecule has 0 aliphatic heterocycles. The number of nitrogens with one attached hydrogen (secondary N) is 10. The van der Waals surface area contributed by atoms with Gasteiger partial charge in [0.1, 0.15) is 66.2 Å². The largest absolute Gasteiger partial charge is 0.490 e. The van der Waals surface area contributed by atoms with E-state index in [0.717, 1.165) is 86.6 Å². The van der Waals surface area contributed by atoms with Crippen LogP contribution in [-0.4, -0.2) is 107 Å². The Labute approximate surface area is 796 Å². The molecule has 0 saturated heterocycles. The lowest BCUT2D eigenvalue weighted by atomic mass is 9.98. The van der Waals surface area contributed by atoms with Crippen LogP contribution in [0.3, 0.4) is 0 Å². The number of nitrogens with two attached hydrogens (primary N) is 8. The molecule has 0 fully saturated rings. The van der Waals surface area contributed by atoms with Crippen molar-refractivity contribution >= 4 is 154 Å². The third kappa shape index (κ3) is 29.6. The molecule has 4 amide bonds. The molecule has 0 aliphatic carbocycles. The second-order valence-corrected chi connectivity index (χ2v) is 36.0. The van der Waals surface area contributed by atoms with E-state index < -0.39 is 88.6 Å². The fourth-order valence-electron chi connectivity index (χ4n) is 14.1. The Morgan fingerprint density at radius 3 is 1.03 bits per heavy atom. The van der Waals surface area contributed by atoms with E-state index in [1.165, 1.54) is 0 Å². The summed E-state index contributed by atoms with van der Waals surface area (Å²) in [6, 6.07) is 49.1. The first kappa shape index (κ1) is 105. The highest BCUT2D eigenvalue weighted by atomic mass is 32.2. The van der Waals surface area contributed by atoms with Crippen molar-refractivity contribution in [1.82, 2.24) is 18.9 Å². The minimum absolute atomic E-state index is 0.0847. The zero-order valence-electron chi connectivity index (χ0n) is 76.7. The van der Waals surface area contributed by atoms with Crippen molar-refractivity contribution in [2.24, 2.45) is 53.8 Å². The number of ether oxygens (including phenoxy) is 3. The Balaban J connectivity index is 0.000000191. The molecule has 0 spiro atoms. The van der Waals surface area contributed by atoms with Crippen LogP contribution in [0.5, 0.6) is 17.2 Å². The van der Waals surface area contributed by atoms with Crippen LogP contribution in [0.15, 0.2) is 229 Å². The van der Waals surface area contributed by atoms with E-state index in [1.54, 1.807) is 170 Å². The number of amides is 4. The third-order valence-corrected chi connectivity index (χ3v) is 22.2. The molecular formula is C93H110N20O21S4. The summed E-state index contributed by atoms with van der Waals surface area (Å²) < 4.78 is 140. The summed E-state index contributed by atoms with van der Waals surface area (Å²) in [5, 5.41) is 58.1. The zero-order chi connectivity index (χ0) is 101. The first-order valence-electron chi connectivity index (χ1n) is 43.0. The maximum absolute atomic E-state index is 13.1. The average molecular weight is 1970 g/mol. The quantitative estimate of drug-likeness (QED) is 0.00963. The molecule has 4 aromatic heterocycles. The normalized spacial score (nSPS) is 12.6. The van der Waals surface area contributed by atoms with E-state index in [9.17, 15) is 52.8 Å². The number of anilines is 4. The molecular weight excluding hydrogens is 1860 g/mol. The standard InChI is InChI=1S/C29H33N5O6S.C24H31N5O6S.C20H23N5O5S.C20H23N5O4S/c1-3-8-24-16-22-15-21(17-25(38-4-2)27(22)40-24)26(29(35)34-41(31,36)37)32-23-13-11-20(12-14-23)28(30)33-39-18-19-9-6-5-7-10-19;1-4-7-19-13-17-12-16(14-20(33-5-2)22(17)35-19)21(24(30)29-36(26,31)32)27-18-10-8-15(9-11-18)23(25)28-34-6-3;1-3-29-16-9-13(8-15-11(2)10-30-18(15)16)17(20(26)25-31(23,27)28)24-14-6-4-12(5-7-14)19(21)22;1-3-12-8-14(9-16-11(2)10-29-18(12)16)17(20(26)25-30(23,27)28)24-15-6-4-13(5-7-15)19(21)22/h5-7,9-17,26,32H,3-4,8,18H2,1-2H3,(H2,30,33)(H,34,35)(H2,31,36,37);8-14,21,27H,4-7H2,1-3H3,(H2,25,28)(H,29,30)(H2,26,31,32);4-10,17,24H,3H2,1-2H3,(H3,21,22)(H,25,26)(H2,23,27,28);4-10,17,24H,3H2,1-2H3,(H3,21,22)(H,25,26)(H2,23,27,28)/t;;;17-/m...0/s1. The first-order chi connectivity index (χ1) is 65.5. The van der Waals surface area contributed by atoms with Crippen molar-refractivity contribution in [3.8, 4) is 17.2 Å². The lowest BCUT2D eigenvalue weighted by Gasteiger charge is -2.20. The fraction of sp³-hybridized carbons (Fsp3) is 0.247. The molecule has 9 aromatic carbocycles. The number of oxime groups is 2. The molecule has 0 aliphatic rings. The van der Waals surface area contributed by atoms with Crippen LogP contribution in [0.25, 0.3) is 43.9 Å². The van der Waals surface area contributed by atoms with Gasteiger partial charge in [0.2, 0.25) is 0 Å². The van der Waals surface area contributed by atoms with Gasteiger partial charge in [0, 0.05) is 79.4 Å². The number of aryl methyl sites for hydroxylation is 5. The van der Waals surface area contributed by atoms with Crippen molar-refractivity contribution in [2.75, 3.05) is 47.7 Å². The smallest absolute Gasteiger partial charge is 0.298 e. The van der Waals surface area contributed by atoms with Crippen LogP contribution >= 0.6 is 0 Å². The second-order valence-electron chi connectivity index (χ2n) is 30.9. The van der Waals surface area contributed by atoms with Crippen LogP contribution < -0.4 is 97.9 Å². The highest BCUT2D eigenvalue weighted by Crippen LogP contribution is 2.40. The van der Waals surface area contributed by atoms with Crippen LogP contribution in [-0.2, 0) is 95.6 Å². The van der Waals surface area contributed by atoms with E-state index in [4.69, 9.17) is 95.9 Å². The summed E-state index contributed by atoms with van der Waals surface area (Å²) in [6.45, 7) is 18.8. The molecule has 0 bridgehead atoms. The number of fused-ring (bicyclic) bond motifs is 4. The van der Waals surface area contributed by atoms with Crippen molar-refractivity contribution in [3.63, 3.8) is 0 Å². The van der Waals surface area contributed by atoms with Gasteiger partial charge in [0.25, 0.3) is 64.5 Å². The van der Waals surface area contributed by atoms with Gasteiger partial charge < -0.3 is 85.8 Å². The van der Waals surface area contributed by atoms with Crippen molar-refractivity contribution in [3.05, 3.63) is 279 Å². The number of furan rings is 4. The van der Waals surface area contributed by atoms with Gasteiger partial charge >= 0.3 is 0 Å². The molecule has 26 N–H and O–H groups in total. The van der Waals surface area contributed by atoms with Crippen LogP contribution in [0.1, 0.15) is 164 Å². The summed E-state index contributed by atoms with van der Waals surface area (Å²) in [4.78, 5) is 62.1. The maximum atomic E-state index is 13.1. The highest BCUT2D eigenvalue weighted by molar-refractivity contribution is 7.88. The lowest BCUT2D eigenvalue weighted by molar-refractivity contribution is -0.121. The lowest BCUT2D eigenvalue weighted by Crippen LogP contribution is -2.41. The van der Waals surface area contributed by atoms with E-state index in [-0.39, 0.29) is 29.9 Å². The SMILES string of the molecule is CCCc1cc2cc(C(Nc3ccc(C(N)=NOCC)cc3)C(=O)NS(N)(=O)=O)cc(OCC)c2o1.CCCc1cc2cc(C(Nc3ccc(C(N)=NOCc4ccccc4)cc3)C(=O)NS(N)(=O)=O)cc(OCC)c2o1.CCOc1cc(C(Nc2ccc(C(=N)N)cc2)C(=O)NS(N)(=O)=O)cc2c(C)coc12.CCc1cc([C@H](Nc2ccc(C(=N)N)cc2)C(=O)NS(N)(=O)=O)cc2c(C)coc12. The monoisotopic (exact) mass is 1970 g/mol. The van der Waals surface area contributed by atoms with Crippen LogP contribution in [0.2, 0.25) is 0 Å². The van der Waals surface area contributed by atoms with Crippen molar-refractivity contribution in [1.29, 1.82) is 10.8 Å². The van der Waals surface area contributed by atoms with Crippen molar-refractivity contribution in [2.45, 2.75) is 125 Å². The van der Waals surface area contributed by atoms with Gasteiger partial charge in [-0.3, -0.25) is 30.0 Å². The van der Waals surface area contributed by atoms with Crippen LogP contribution in [0, 0.1) is 24.7 Å². The molecule has 138 heavy (non-hydrogen) atoms. The number of amidine groups is 4. The number of hydrogen-bond acceptors (Lipinski definition) is 29. The topological polar surface area (TPSA) is 680 Å². The van der Waals surface area contributed by atoms with Gasteiger partial charge in [-0.2, -0.15) is 33.7 Å². The van der Waals surface area contributed by atoms with E-state index in [0.29, 0.717) is 134 Å². The predicted molar refractivity (Wildman–Crippen MR) is 528 cm³/mol. The Morgan fingerprint density at radius 1 is 0.384 bits per heavy atom. The molecule has 732 valence electrons. The summed E-state index contributed by atoms with van der Waals surface area (Å²) in [5.74, 6) is -0.382. The number of hydrogen-bond donors (Lipinski definition) is 18. The number of rotatable bonds is 40. The molecule has 41 nitrogen and oxygen atoms in total. The zero-order valence-corrected chi connectivity index (χ0v) is 79.9. The number of nitrogens with zero attached hydrogens (tertiary/aromatic N) is 2. The molecule has 45 heteroatoms. The Hall–Kier alpha value is -15.3.